The van der Waals surface area contributed by atoms with E-state index in [1.165, 1.54) is 6.07 Å². The first-order valence-corrected chi connectivity index (χ1v) is 6.95. The highest BCUT2D eigenvalue weighted by Gasteiger charge is 2.42. The van der Waals surface area contributed by atoms with Gasteiger partial charge in [-0.15, -0.1) is 0 Å². The van der Waals surface area contributed by atoms with Gasteiger partial charge >= 0.3 is 0 Å². The van der Waals surface area contributed by atoms with Crippen LogP contribution >= 0.6 is 0 Å². The molecular formula is C15H13F2N3O. The summed E-state index contributed by atoms with van der Waals surface area (Å²) in [5.74, 6) is -0.668. The van der Waals surface area contributed by atoms with Crippen molar-refractivity contribution in [3.05, 3.63) is 35.9 Å². The summed E-state index contributed by atoms with van der Waals surface area (Å²) in [5, 5.41) is 3.16. The molecular weight excluding hydrogens is 276 g/mol. The maximum absolute atomic E-state index is 13.7. The minimum absolute atomic E-state index is 0.00364. The molecule has 3 heterocycles. The van der Waals surface area contributed by atoms with Crippen LogP contribution in [0.1, 0.15) is 12.8 Å². The molecule has 1 aromatic carbocycles. The average Bonchev–Trinajstić information content (AvgIpc) is 2.79. The van der Waals surface area contributed by atoms with Gasteiger partial charge in [-0.25, -0.2) is 13.8 Å². The smallest absolute Gasteiger partial charge is 0.242 e. The zero-order chi connectivity index (χ0) is 14.6. The predicted molar refractivity (Wildman–Crippen MR) is 74.0 cm³/mol. The van der Waals surface area contributed by atoms with Gasteiger partial charge in [0.2, 0.25) is 5.91 Å². The van der Waals surface area contributed by atoms with Gasteiger partial charge in [0.05, 0.1) is 5.52 Å². The monoisotopic (exact) mass is 289 g/mol. The Morgan fingerprint density at radius 2 is 2.10 bits per heavy atom. The van der Waals surface area contributed by atoms with E-state index in [9.17, 15) is 13.6 Å². The van der Waals surface area contributed by atoms with Gasteiger partial charge < -0.3 is 10.2 Å². The van der Waals surface area contributed by atoms with E-state index in [4.69, 9.17) is 0 Å². The summed E-state index contributed by atoms with van der Waals surface area (Å²) in [7, 11) is 0. The van der Waals surface area contributed by atoms with E-state index in [1.807, 2.05) is 4.90 Å². The summed E-state index contributed by atoms with van der Waals surface area (Å²) in [5.41, 5.74) is 0.274. The third-order valence-corrected chi connectivity index (χ3v) is 4.29. The molecule has 2 bridgehead atoms. The van der Waals surface area contributed by atoms with Crippen LogP contribution in [0.3, 0.4) is 0 Å². The number of anilines is 1. The number of nitrogens with zero attached hydrogens (tertiary/aromatic N) is 2. The molecule has 0 aliphatic carbocycles. The highest BCUT2D eigenvalue weighted by atomic mass is 19.1. The van der Waals surface area contributed by atoms with Gasteiger partial charge in [-0.1, -0.05) is 0 Å². The lowest BCUT2D eigenvalue weighted by atomic mass is 10.1. The molecule has 1 amide bonds. The van der Waals surface area contributed by atoms with E-state index in [0.29, 0.717) is 12.4 Å². The van der Waals surface area contributed by atoms with Gasteiger partial charge in [0.25, 0.3) is 0 Å². The number of carbonyl (C=O) groups is 1. The molecule has 4 nitrogen and oxygen atoms in total. The number of hydrogen-bond donors (Lipinski definition) is 1. The molecule has 2 aromatic rings. The number of amides is 1. The van der Waals surface area contributed by atoms with Gasteiger partial charge in [0, 0.05) is 30.1 Å². The first-order chi connectivity index (χ1) is 10.1. The number of nitrogens with one attached hydrogen (secondary N) is 1. The molecule has 6 heteroatoms. The maximum atomic E-state index is 13.7. The molecule has 2 fully saturated rings. The Balaban J connectivity index is 1.82. The van der Waals surface area contributed by atoms with E-state index in [1.54, 1.807) is 12.1 Å². The molecule has 0 saturated carbocycles. The van der Waals surface area contributed by atoms with Crippen molar-refractivity contribution in [2.75, 3.05) is 11.4 Å². The molecule has 0 radical (unpaired) electrons. The van der Waals surface area contributed by atoms with E-state index in [0.717, 1.165) is 18.9 Å². The lowest BCUT2D eigenvalue weighted by molar-refractivity contribution is -0.122. The van der Waals surface area contributed by atoms with Crippen molar-refractivity contribution in [2.45, 2.75) is 24.9 Å². The lowest BCUT2D eigenvalue weighted by Gasteiger charge is -2.35. The number of rotatable bonds is 1. The first-order valence-electron chi connectivity index (χ1n) is 6.95. The number of pyridine rings is 1. The normalized spacial score (nSPS) is 24.5. The van der Waals surface area contributed by atoms with Crippen molar-refractivity contribution in [1.82, 2.24) is 10.3 Å². The molecule has 21 heavy (non-hydrogen) atoms. The second kappa shape index (κ2) is 4.38. The molecule has 1 N–H and O–H groups in total. The lowest BCUT2D eigenvalue weighted by Crippen LogP contribution is -2.55. The highest BCUT2D eigenvalue weighted by Crippen LogP contribution is 2.33. The Hall–Kier alpha value is -2.24. The van der Waals surface area contributed by atoms with Gasteiger partial charge in [-0.2, -0.15) is 0 Å². The van der Waals surface area contributed by atoms with E-state index in [2.05, 4.69) is 10.3 Å². The molecule has 1 aromatic heterocycles. The fraction of sp³-hybridized carbons (Fsp3) is 0.333. The Morgan fingerprint density at radius 1 is 1.24 bits per heavy atom. The number of fused-ring (bicyclic) bond motifs is 3. The Bertz CT molecular complexity index is 749. The predicted octanol–water partition coefficient (Wildman–Crippen LogP) is 1.98. The summed E-state index contributed by atoms with van der Waals surface area (Å²) in [6.07, 6.45) is 1.70. The quantitative estimate of drug-likeness (QED) is 0.873. The van der Waals surface area contributed by atoms with Crippen LogP contribution in [0.5, 0.6) is 0 Å². The molecule has 2 saturated heterocycles. The first kappa shape index (κ1) is 12.5. The summed E-state index contributed by atoms with van der Waals surface area (Å²) in [6, 6.07) is 5.34. The number of halogens is 2. The van der Waals surface area contributed by atoms with E-state index in [-0.39, 0.29) is 28.9 Å². The van der Waals surface area contributed by atoms with Crippen molar-refractivity contribution >= 4 is 22.6 Å². The Kier molecular flexibility index (Phi) is 2.60. The molecule has 0 spiro atoms. The van der Waals surface area contributed by atoms with Gasteiger partial charge in [0.15, 0.2) is 0 Å². The van der Waals surface area contributed by atoms with Crippen LogP contribution in [0.15, 0.2) is 24.3 Å². The van der Waals surface area contributed by atoms with Gasteiger partial charge in [0.1, 0.15) is 23.5 Å². The van der Waals surface area contributed by atoms with Gasteiger partial charge in [-0.05, 0) is 25.0 Å². The maximum Gasteiger partial charge on any atom is 0.242 e. The summed E-state index contributed by atoms with van der Waals surface area (Å²) < 4.78 is 27.0. The molecule has 2 aliphatic rings. The van der Waals surface area contributed by atoms with Gasteiger partial charge in [-0.3, -0.25) is 4.79 Å². The number of aromatic nitrogens is 1. The van der Waals surface area contributed by atoms with E-state index >= 15 is 0 Å². The van der Waals surface area contributed by atoms with Crippen LogP contribution in [0.4, 0.5) is 14.6 Å². The number of carbonyl (C=O) groups excluding carboxylic acids is 1. The van der Waals surface area contributed by atoms with Crippen LogP contribution in [0.2, 0.25) is 0 Å². The Morgan fingerprint density at radius 3 is 2.95 bits per heavy atom. The number of benzene rings is 1. The summed E-state index contributed by atoms with van der Waals surface area (Å²) in [4.78, 5) is 18.2. The third-order valence-electron chi connectivity index (χ3n) is 4.29. The van der Waals surface area contributed by atoms with Crippen molar-refractivity contribution in [1.29, 1.82) is 0 Å². The fourth-order valence-corrected chi connectivity index (χ4v) is 3.31. The van der Waals surface area contributed by atoms with Crippen molar-refractivity contribution < 1.29 is 13.6 Å². The van der Waals surface area contributed by atoms with Crippen LogP contribution in [-0.4, -0.2) is 29.5 Å². The third kappa shape index (κ3) is 1.86. The summed E-state index contributed by atoms with van der Waals surface area (Å²) in [6.45, 7) is 0.590. The molecule has 2 aliphatic heterocycles. The fourth-order valence-electron chi connectivity index (χ4n) is 3.31. The SMILES string of the molecule is O=C1NC[C@@H]2CC[C@H]1N2c1ccc2c(F)cc(F)cc2n1. The standard InChI is InChI=1S/C15H13F2N3O/c16-8-5-11(17)10-2-4-14(19-12(10)6-8)20-9-1-3-13(20)15(21)18-7-9/h2,4-6,9,13H,1,3,7H2,(H,18,21)/t9-,13+/m0/s1. The minimum Gasteiger partial charge on any atom is -0.352 e. The molecule has 4 rings (SSSR count). The zero-order valence-electron chi connectivity index (χ0n) is 11.1. The van der Waals surface area contributed by atoms with Crippen molar-refractivity contribution in [2.24, 2.45) is 0 Å². The van der Waals surface area contributed by atoms with Crippen LogP contribution in [0.25, 0.3) is 10.9 Å². The van der Waals surface area contributed by atoms with Crippen LogP contribution in [-0.2, 0) is 4.79 Å². The zero-order valence-corrected chi connectivity index (χ0v) is 11.1. The van der Waals surface area contributed by atoms with Crippen molar-refractivity contribution in [3.63, 3.8) is 0 Å². The van der Waals surface area contributed by atoms with Crippen molar-refractivity contribution in [3.8, 4) is 0 Å². The summed E-state index contributed by atoms with van der Waals surface area (Å²) >= 11 is 0. The Labute approximate surface area is 119 Å². The second-order valence-corrected chi connectivity index (χ2v) is 5.52. The topological polar surface area (TPSA) is 45.2 Å². The van der Waals surface area contributed by atoms with Crippen LogP contribution < -0.4 is 10.2 Å². The molecule has 108 valence electrons. The van der Waals surface area contributed by atoms with Crippen LogP contribution in [0, 0.1) is 11.6 Å². The molecule has 2 atom stereocenters. The highest BCUT2D eigenvalue weighted by molar-refractivity contribution is 5.88. The number of piperazine rings is 1. The minimum atomic E-state index is -0.649. The molecule has 0 unspecified atom stereocenters. The average molecular weight is 289 g/mol. The van der Waals surface area contributed by atoms with E-state index < -0.39 is 11.6 Å². The number of hydrogen-bond acceptors (Lipinski definition) is 3. The largest absolute Gasteiger partial charge is 0.352 e. The second-order valence-electron chi connectivity index (χ2n) is 5.52.